The van der Waals surface area contributed by atoms with Crippen molar-refractivity contribution in [1.29, 1.82) is 0 Å². The number of phenolic OH excluding ortho intramolecular Hbond substituents is 8. The summed E-state index contributed by atoms with van der Waals surface area (Å²) in [6.45, 7) is 4.12. The van der Waals surface area contributed by atoms with E-state index in [2.05, 4.69) is 5.32 Å². The summed E-state index contributed by atoms with van der Waals surface area (Å²) < 4.78 is 5.53. The highest BCUT2D eigenvalue weighted by molar-refractivity contribution is 5.95. The molecule has 4 aromatic carbocycles. The number of unbranched alkanes of at least 4 members (excludes halogenated alkanes) is 2. The number of carbonyl (C=O) groups excluding carboxylic acids is 1. The van der Waals surface area contributed by atoms with Crippen LogP contribution in [-0.2, 0) is 14.3 Å². The van der Waals surface area contributed by atoms with Gasteiger partial charge in [-0.25, -0.2) is 9.59 Å². The standard InChI is InChI=1S/C40H43NO12/c1-3-5-6-8-23(18-37(49)53-39(40(51)52)30(21-41-4-2)26-16-35(47)38(50)36(48)17-26)29-20-34(46)32(44)15-25(29)12-11-24-14-31(43)33(45)19-28(24)22-9-7-10-27(42)13-22/h7,9-20,30,39,41-48,50H,3-6,8,21H2,1-2H3,(H,51,52)/b12-11+,23-18+/t30-,39-/m1/s1. The first-order valence-electron chi connectivity index (χ1n) is 16.9. The van der Waals surface area contributed by atoms with Gasteiger partial charge in [0, 0.05) is 18.5 Å². The Labute approximate surface area is 305 Å². The van der Waals surface area contributed by atoms with E-state index < -0.39 is 64.2 Å². The summed E-state index contributed by atoms with van der Waals surface area (Å²) in [5.74, 6) is -7.66. The molecule has 10 N–H and O–H groups in total. The predicted molar refractivity (Wildman–Crippen MR) is 198 cm³/mol. The van der Waals surface area contributed by atoms with Gasteiger partial charge in [0.25, 0.3) is 0 Å². The molecule has 53 heavy (non-hydrogen) atoms. The molecule has 0 amide bonds. The Morgan fingerprint density at radius 3 is 2.00 bits per heavy atom. The molecular formula is C40H43NO12. The molecule has 0 heterocycles. The Hall–Kier alpha value is -6.34. The maximum absolute atomic E-state index is 13.6. The van der Waals surface area contributed by atoms with E-state index >= 15 is 0 Å². The van der Waals surface area contributed by atoms with Gasteiger partial charge in [0.15, 0.2) is 40.2 Å². The fourth-order valence-corrected chi connectivity index (χ4v) is 5.84. The van der Waals surface area contributed by atoms with Gasteiger partial charge in [-0.15, -0.1) is 0 Å². The zero-order chi connectivity index (χ0) is 38.8. The Morgan fingerprint density at radius 1 is 0.755 bits per heavy atom. The first-order valence-corrected chi connectivity index (χ1v) is 16.9. The van der Waals surface area contributed by atoms with Gasteiger partial charge in [-0.05, 0) is 107 Å². The molecule has 0 aliphatic heterocycles. The van der Waals surface area contributed by atoms with Gasteiger partial charge in [-0.2, -0.15) is 0 Å². The van der Waals surface area contributed by atoms with Crippen molar-refractivity contribution in [2.24, 2.45) is 0 Å². The monoisotopic (exact) mass is 729 g/mol. The van der Waals surface area contributed by atoms with Gasteiger partial charge in [0.1, 0.15) is 5.75 Å². The summed E-state index contributed by atoms with van der Waals surface area (Å²) in [5.41, 5.74) is 2.41. The molecule has 0 unspecified atom stereocenters. The number of benzene rings is 4. The maximum Gasteiger partial charge on any atom is 0.345 e. The first-order chi connectivity index (χ1) is 25.2. The summed E-state index contributed by atoms with van der Waals surface area (Å²) in [4.78, 5) is 26.1. The molecule has 0 fully saturated rings. The molecular weight excluding hydrogens is 686 g/mol. The average Bonchev–Trinajstić information content (AvgIpc) is 3.11. The van der Waals surface area contributed by atoms with Crippen molar-refractivity contribution < 1.29 is 60.3 Å². The number of rotatable bonds is 16. The molecule has 13 nitrogen and oxygen atoms in total. The van der Waals surface area contributed by atoms with Gasteiger partial charge in [0.2, 0.25) is 6.10 Å². The lowest BCUT2D eigenvalue weighted by Gasteiger charge is -2.25. The van der Waals surface area contributed by atoms with Gasteiger partial charge in [-0.3, -0.25) is 0 Å². The summed E-state index contributed by atoms with van der Waals surface area (Å²) in [7, 11) is 0. The van der Waals surface area contributed by atoms with Crippen LogP contribution in [0.5, 0.6) is 46.0 Å². The topological polar surface area (TPSA) is 237 Å². The van der Waals surface area contributed by atoms with Crippen molar-refractivity contribution in [3.05, 3.63) is 89.0 Å². The lowest BCUT2D eigenvalue weighted by molar-refractivity contribution is -0.162. The molecule has 0 aliphatic carbocycles. The fraction of sp³-hybridized carbons (Fsp3) is 0.250. The van der Waals surface area contributed by atoms with E-state index in [-0.39, 0.29) is 24.3 Å². The largest absolute Gasteiger partial charge is 0.508 e. The highest BCUT2D eigenvalue weighted by atomic mass is 16.6. The number of nitrogens with one attached hydrogen (secondary N) is 1. The number of aromatic hydroxyl groups is 8. The molecule has 0 aliphatic rings. The molecule has 13 heteroatoms. The van der Waals surface area contributed by atoms with Crippen LogP contribution in [-0.4, -0.2) is 77.1 Å². The van der Waals surface area contributed by atoms with Crippen LogP contribution in [0.3, 0.4) is 0 Å². The predicted octanol–water partition coefficient (Wildman–Crippen LogP) is 6.52. The number of carboxylic acid groups (broad SMARTS) is 1. The normalized spacial score (nSPS) is 12.8. The second-order valence-electron chi connectivity index (χ2n) is 12.4. The van der Waals surface area contributed by atoms with Crippen LogP contribution in [0.15, 0.2) is 66.7 Å². The number of likely N-dealkylation sites (N-methyl/N-ethyl adjacent to an activating group) is 1. The minimum Gasteiger partial charge on any atom is -0.508 e. The second-order valence-corrected chi connectivity index (χ2v) is 12.4. The molecule has 0 saturated carbocycles. The number of carbonyl (C=O) groups is 2. The number of esters is 1. The zero-order valence-electron chi connectivity index (χ0n) is 29.2. The summed E-state index contributed by atoms with van der Waals surface area (Å²) in [6.07, 6.45) is 4.88. The average molecular weight is 730 g/mol. The number of phenols is 8. The lowest BCUT2D eigenvalue weighted by Crippen LogP contribution is -2.38. The van der Waals surface area contributed by atoms with E-state index in [1.807, 2.05) is 6.92 Å². The van der Waals surface area contributed by atoms with Crippen LogP contribution in [0.4, 0.5) is 0 Å². The lowest BCUT2D eigenvalue weighted by atomic mass is 9.91. The third-order valence-electron chi connectivity index (χ3n) is 8.57. The molecule has 4 aromatic rings. The molecule has 0 bridgehead atoms. The third kappa shape index (κ3) is 9.92. The molecule has 0 aromatic heterocycles. The van der Waals surface area contributed by atoms with Crippen LogP contribution in [0, 0.1) is 0 Å². The van der Waals surface area contributed by atoms with Gasteiger partial charge in [0.05, 0.1) is 0 Å². The van der Waals surface area contributed by atoms with Crippen molar-refractivity contribution in [2.75, 3.05) is 13.1 Å². The second kappa shape index (κ2) is 17.7. The van der Waals surface area contributed by atoms with Gasteiger partial charge in [-0.1, -0.05) is 51.0 Å². The SMILES string of the molecule is CCCCC/C(=C\C(=O)O[C@@H](C(=O)O)[C@H](CNCC)c1cc(O)c(O)c(O)c1)c1cc(O)c(O)cc1/C=C/c1cc(O)c(O)cc1-c1cccc(O)c1. The highest BCUT2D eigenvalue weighted by Gasteiger charge is 2.34. The molecule has 4 rings (SSSR count). The van der Waals surface area contributed by atoms with E-state index in [4.69, 9.17) is 4.74 Å². The van der Waals surface area contributed by atoms with E-state index in [0.717, 1.165) is 31.1 Å². The summed E-state index contributed by atoms with van der Waals surface area (Å²) >= 11 is 0. The summed E-state index contributed by atoms with van der Waals surface area (Å²) in [6, 6.07) is 13.6. The number of aliphatic carboxylic acids is 1. The van der Waals surface area contributed by atoms with E-state index in [9.17, 15) is 55.5 Å². The van der Waals surface area contributed by atoms with Crippen molar-refractivity contribution in [2.45, 2.75) is 51.6 Å². The first kappa shape index (κ1) is 39.4. The van der Waals surface area contributed by atoms with Crippen molar-refractivity contribution in [3.8, 4) is 57.1 Å². The number of hydrogen-bond donors (Lipinski definition) is 10. The van der Waals surface area contributed by atoms with Gasteiger partial charge < -0.3 is 56.0 Å². The van der Waals surface area contributed by atoms with Crippen LogP contribution < -0.4 is 5.32 Å². The number of ether oxygens (including phenoxy) is 1. The Kier molecular flexibility index (Phi) is 13.2. The van der Waals surface area contributed by atoms with Gasteiger partial charge >= 0.3 is 11.9 Å². The third-order valence-corrected chi connectivity index (χ3v) is 8.57. The number of hydrogen-bond acceptors (Lipinski definition) is 12. The van der Waals surface area contributed by atoms with Crippen LogP contribution in [0.2, 0.25) is 0 Å². The number of allylic oxidation sites excluding steroid dienone is 1. The molecule has 0 saturated heterocycles. The minimum atomic E-state index is -1.82. The quantitative estimate of drug-likeness (QED) is 0.0195. The van der Waals surface area contributed by atoms with Crippen LogP contribution >= 0.6 is 0 Å². The number of carboxylic acids is 1. The highest BCUT2D eigenvalue weighted by Crippen LogP contribution is 2.40. The fourth-order valence-electron chi connectivity index (χ4n) is 5.84. The Balaban J connectivity index is 1.79. The molecule has 280 valence electrons. The van der Waals surface area contributed by atoms with E-state index in [1.165, 1.54) is 36.4 Å². The van der Waals surface area contributed by atoms with E-state index in [1.54, 1.807) is 31.2 Å². The molecule has 0 spiro atoms. The van der Waals surface area contributed by atoms with Crippen molar-refractivity contribution in [1.82, 2.24) is 5.32 Å². The van der Waals surface area contributed by atoms with Crippen LogP contribution in [0.25, 0.3) is 28.9 Å². The van der Waals surface area contributed by atoms with Crippen molar-refractivity contribution >= 4 is 29.7 Å². The Bertz CT molecular complexity index is 2000. The minimum absolute atomic E-state index is 0.0260. The molecule has 0 radical (unpaired) electrons. The summed E-state index contributed by atoms with van der Waals surface area (Å²) in [5, 5.41) is 95.0. The van der Waals surface area contributed by atoms with Crippen molar-refractivity contribution in [3.63, 3.8) is 0 Å². The Morgan fingerprint density at radius 2 is 1.38 bits per heavy atom. The zero-order valence-corrected chi connectivity index (χ0v) is 29.2. The molecule has 2 atom stereocenters. The van der Waals surface area contributed by atoms with E-state index in [0.29, 0.717) is 46.4 Å². The maximum atomic E-state index is 13.6. The van der Waals surface area contributed by atoms with Crippen LogP contribution in [0.1, 0.15) is 67.7 Å². The smallest absolute Gasteiger partial charge is 0.345 e.